The van der Waals surface area contributed by atoms with Crippen LogP contribution in [0.4, 0.5) is 0 Å². The highest BCUT2D eigenvalue weighted by Crippen LogP contribution is 2.25. The van der Waals surface area contributed by atoms with E-state index in [1.165, 1.54) is 0 Å². The molecule has 0 atom stereocenters. The first-order valence-electron chi connectivity index (χ1n) is 5.10. The van der Waals surface area contributed by atoms with E-state index < -0.39 is 0 Å². The lowest BCUT2D eigenvalue weighted by Gasteiger charge is -2.00. The summed E-state index contributed by atoms with van der Waals surface area (Å²) in [5, 5.41) is 1.63. The Morgan fingerprint density at radius 2 is 2.25 bits per heavy atom. The van der Waals surface area contributed by atoms with Gasteiger partial charge in [0, 0.05) is 31.0 Å². The molecule has 0 aliphatic heterocycles. The molecule has 0 fully saturated rings. The Hall–Kier alpha value is -2.10. The minimum atomic E-state index is -0.0563. The fourth-order valence-corrected chi connectivity index (χ4v) is 2.29. The summed E-state index contributed by atoms with van der Waals surface area (Å²) in [5.41, 5.74) is 3.02. The van der Waals surface area contributed by atoms with Crippen LogP contribution >= 0.6 is 0 Å². The van der Waals surface area contributed by atoms with Crippen LogP contribution in [0.25, 0.3) is 21.8 Å². The Morgan fingerprint density at radius 1 is 1.44 bits per heavy atom. The molecule has 0 saturated carbocycles. The van der Waals surface area contributed by atoms with Gasteiger partial charge in [-0.3, -0.25) is 9.78 Å². The number of fused-ring (bicyclic) bond motifs is 3. The van der Waals surface area contributed by atoms with Crippen molar-refractivity contribution in [2.24, 2.45) is 7.05 Å². The number of nitrogens with zero attached hydrogens (tertiary/aromatic N) is 2. The van der Waals surface area contributed by atoms with Crippen molar-refractivity contribution in [3.63, 3.8) is 0 Å². The Labute approximate surface area is 91.5 Å². The van der Waals surface area contributed by atoms with E-state index in [0.717, 1.165) is 27.4 Å². The van der Waals surface area contributed by atoms with Gasteiger partial charge in [0.05, 0.1) is 16.4 Å². The summed E-state index contributed by atoms with van der Waals surface area (Å²) in [6.07, 6.45) is 5.23. The SMILES string of the molecule is Cc1c[nH]c(=O)c2c3cnccc3n(C)c12. The number of hydrogen-bond donors (Lipinski definition) is 1. The lowest BCUT2D eigenvalue weighted by molar-refractivity contribution is 1.00. The van der Waals surface area contributed by atoms with E-state index in [9.17, 15) is 4.79 Å². The van der Waals surface area contributed by atoms with Crippen molar-refractivity contribution in [3.05, 3.63) is 40.6 Å². The van der Waals surface area contributed by atoms with Crippen molar-refractivity contribution < 1.29 is 0 Å². The van der Waals surface area contributed by atoms with Crippen LogP contribution in [0.3, 0.4) is 0 Å². The summed E-state index contributed by atoms with van der Waals surface area (Å²) in [6.45, 7) is 1.99. The highest BCUT2D eigenvalue weighted by Gasteiger charge is 2.12. The van der Waals surface area contributed by atoms with Crippen molar-refractivity contribution in [1.82, 2.24) is 14.5 Å². The molecule has 3 heterocycles. The second-order valence-corrected chi connectivity index (χ2v) is 3.98. The van der Waals surface area contributed by atoms with Crippen LogP contribution < -0.4 is 5.56 Å². The summed E-state index contributed by atoms with van der Waals surface area (Å²) in [6, 6.07) is 1.92. The zero-order valence-electron chi connectivity index (χ0n) is 9.11. The van der Waals surface area contributed by atoms with E-state index in [4.69, 9.17) is 0 Å². The van der Waals surface area contributed by atoms with Gasteiger partial charge in [-0.2, -0.15) is 0 Å². The second-order valence-electron chi connectivity index (χ2n) is 3.98. The summed E-state index contributed by atoms with van der Waals surface area (Å²) < 4.78 is 2.04. The maximum absolute atomic E-state index is 11.9. The molecule has 0 aromatic carbocycles. The first kappa shape index (κ1) is 9.15. The third-order valence-corrected chi connectivity index (χ3v) is 3.02. The molecule has 0 amide bonds. The van der Waals surface area contributed by atoms with Gasteiger partial charge >= 0.3 is 0 Å². The Kier molecular flexibility index (Phi) is 1.68. The van der Waals surface area contributed by atoms with Gasteiger partial charge in [-0.05, 0) is 18.6 Å². The molecule has 80 valence electrons. The van der Waals surface area contributed by atoms with Gasteiger partial charge in [0.15, 0.2) is 0 Å². The molecular weight excluding hydrogens is 202 g/mol. The van der Waals surface area contributed by atoms with Crippen molar-refractivity contribution in [3.8, 4) is 0 Å². The molecular formula is C12H11N3O. The fourth-order valence-electron chi connectivity index (χ4n) is 2.29. The van der Waals surface area contributed by atoms with Crippen LogP contribution in [-0.2, 0) is 7.05 Å². The number of aromatic nitrogens is 3. The molecule has 1 N–H and O–H groups in total. The first-order valence-corrected chi connectivity index (χ1v) is 5.10. The third kappa shape index (κ3) is 0.984. The monoisotopic (exact) mass is 213 g/mol. The standard InChI is InChI=1S/C12H11N3O/c1-7-5-14-12(16)10-8-6-13-4-3-9(8)15(2)11(7)10/h3-6H,1-2H3,(H,14,16). The largest absolute Gasteiger partial charge is 0.343 e. The van der Waals surface area contributed by atoms with Gasteiger partial charge in [0.1, 0.15) is 0 Å². The molecule has 3 rings (SSSR count). The molecule has 0 unspecified atom stereocenters. The number of rotatable bonds is 0. The van der Waals surface area contributed by atoms with Crippen molar-refractivity contribution in [2.45, 2.75) is 6.92 Å². The van der Waals surface area contributed by atoms with Crippen LogP contribution in [0.1, 0.15) is 5.56 Å². The van der Waals surface area contributed by atoms with Gasteiger partial charge in [-0.1, -0.05) is 0 Å². The van der Waals surface area contributed by atoms with Crippen LogP contribution in [-0.4, -0.2) is 14.5 Å². The maximum Gasteiger partial charge on any atom is 0.258 e. The molecule has 4 nitrogen and oxygen atoms in total. The van der Waals surface area contributed by atoms with E-state index in [1.54, 1.807) is 18.6 Å². The predicted octanol–water partition coefficient (Wildman–Crippen LogP) is 1.72. The topological polar surface area (TPSA) is 50.7 Å². The first-order chi connectivity index (χ1) is 7.70. The lowest BCUT2D eigenvalue weighted by Crippen LogP contribution is -2.05. The predicted molar refractivity (Wildman–Crippen MR) is 63.6 cm³/mol. The number of aryl methyl sites for hydroxylation is 2. The summed E-state index contributed by atoms with van der Waals surface area (Å²) in [7, 11) is 1.97. The minimum absolute atomic E-state index is 0.0563. The minimum Gasteiger partial charge on any atom is -0.343 e. The Bertz CT molecular complexity index is 752. The average molecular weight is 213 g/mol. The highest BCUT2D eigenvalue weighted by atomic mass is 16.1. The Morgan fingerprint density at radius 3 is 3.06 bits per heavy atom. The van der Waals surface area contributed by atoms with Crippen LogP contribution in [0.15, 0.2) is 29.5 Å². The molecule has 0 spiro atoms. The number of hydrogen-bond acceptors (Lipinski definition) is 2. The molecule has 0 radical (unpaired) electrons. The van der Waals surface area contributed by atoms with Gasteiger partial charge in [0.25, 0.3) is 5.56 Å². The van der Waals surface area contributed by atoms with Crippen molar-refractivity contribution >= 4 is 21.8 Å². The number of nitrogens with one attached hydrogen (secondary N) is 1. The number of pyridine rings is 2. The average Bonchev–Trinajstić information content (AvgIpc) is 2.60. The molecule has 0 aliphatic carbocycles. The number of H-pyrrole nitrogens is 1. The van der Waals surface area contributed by atoms with Crippen molar-refractivity contribution in [2.75, 3.05) is 0 Å². The molecule has 0 saturated heterocycles. The smallest absolute Gasteiger partial charge is 0.258 e. The molecule has 16 heavy (non-hydrogen) atoms. The van der Waals surface area contributed by atoms with Gasteiger partial charge in [-0.25, -0.2) is 0 Å². The van der Waals surface area contributed by atoms with Crippen molar-refractivity contribution in [1.29, 1.82) is 0 Å². The van der Waals surface area contributed by atoms with Gasteiger partial charge in [0.2, 0.25) is 0 Å². The summed E-state index contributed by atoms with van der Waals surface area (Å²) in [5.74, 6) is 0. The second kappa shape index (κ2) is 2.95. The van der Waals surface area contributed by atoms with E-state index in [1.807, 2.05) is 24.6 Å². The molecule has 3 aromatic rings. The zero-order chi connectivity index (χ0) is 11.3. The van der Waals surface area contributed by atoms with Gasteiger partial charge < -0.3 is 9.55 Å². The normalized spacial score (nSPS) is 11.4. The van der Waals surface area contributed by atoms with E-state index in [0.29, 0.717) is 0 Å². The summed E-state index contributed by atoms with van der Waals surface area (Å²) in [4.78, 5) is 18.7. The highest BCUT2D eigenvalue weighted by molar-refractivity contribution is 6.07. The third-order valence-electron chi connectivity index (χ3n) is 3.02. The maximum atomic E-state index is 11.9. The quantitative estimate of drug-likeness (QED) is 0.618. The molecule has 0 bridgehead atoms. The zero-order valence-corrected chi connectivity index (χ0v) is 9.11. The molecule has 4 heteroatoms. The van der Waals surface area contributed by atoms with E-state index >= 15 is 0 Å². The van der Waals surface area contributed by atoms with E-state index in [2.05, 4.69) is 9.97 Å². The molecule has 3 aromatic heterocycles. The van der Waals surface area contributed by atoms with E-state index in [-0.39, 0.29) is 5.56 Å². The van der Waals surface area contributed by atoms with Crippen LogP contribution in [0.5, 0.6) is 0 Å². The number of aromatic amines is 1. The van der Waals surface area contributed by atoms with Crippen LogP contribution in [0, 0.1) is 6.92 Å². The fraction of sp³-hybridized carbons (Fsp3) is 0.167. The molecule has 0 aliphatic rings. The van der Waals surface area contributed by atoms with Gasteiger partial charge in [-0.15, -0.1) is 0 Å². The Balaban J connectivity index is 2.78. The van der Waals surface area contributed by atoms with Crippen LogP contribution in [0.2, 0.25) is 0 Å². The summed E-state index contributed by atoms with van der Waals surface area (Å²) >= 11 is 0. The lowest BCUT2D eigenvalue weighted by atomic mass is 10.2.